The highest BCUT2D eigenvalue weighted by Crippen LogP contribution is 2.20. The fraction of sp³-hybridized carbons (Fsp3) is 0.333. The van der Waals surface area contributed by atoms with Crippen molar-refractivity contribution in [2.75, 3.05) is 7.11 Å². The van der Waals surface area contributed by atoms with Gasteiger partial charge in [0.05, 0.1) is 24.3 Å². The fourth-order valence-electron chi connectivity index (χ4n) is 1.33. The first-order valence-corrected chi connectivity index (χ1v) is 5.08. The van der Waals surface area contributed by atoms with Crippen LogP contribution in [-0.2, 0) is 4.74 Å². The number of carbonyl (C=O) groups excluding carboxylic acids is 1. The number of hydrogen-bond acceptors (Lipinski definition) is 4. The fourth-order valence-corrected chi connectivity index (χ4v) is 1.33. The molecule has 92 valence electrons. The Morgan fingerprint density at radius 3 is 2.35 bits per heavy atom. The van der Waals surface area contributed by atoms with Crippen LogP contribution in [0.2, 0.25) is 0 Å². The second-order valence-electron chi connectivity index (χ2n) is 3.67. The van der Waals surface area contributed by atoms with E-state index in [4.69, 9.17) is 9.84 Å². The molecule has 1 rings (SSSR count). The number of carboxylic acids is 1. The van der Waals surface area contributed by atoms with Crippen molar-refractivity contribution < 1.29 is 24.2 Å². The average Bonchev–Trinajstić information content (AvgIpc) is 2.26. The molecule has 0 spiro atoms. The van der Waals surface area contributed by atoms with Gasteiger partial charge in [-0.25, -0.2) is 9.59 Å². The van der Waals surface area contributed by atoms with Crippen LogP contribution in [0.25, 0.3) is 0 Å². The van der Waals surface area contributed by atoms with E-state index in [1.807, 2.05) is 13.8 Å². The number of benzene rings is 1. The molecule has 0 aliphatic rings. The third-order valence-electron chi connectivity index (χ3n) is 2.00. The Morgan fingerprint density at radius 1 is 1.24 bits per heavy atom. The standard InChI is InChI=1S/C12H14O5/c1-7(2)17-8-4-5-9(11(13)14)10(6-8)12(15)16-3/h4-7H,1-3H3,(H,13,14). The first-order chi connectivity index (χ1) is 7.95. The summed E-state index contributed by atoms with van der Waals surface area (Å²) in [4.78, 5) is 22.4. The molecular weight excluding hydrogens is 224 g/mol. The molecule has 1 aromatic rings. The van der Waals surface area contributed by atoms with Crippen molar-refractivity contribution in [3.8, 4) is 5.75 Å². The Hall–Kier alpha value is -2.04. The Morgan fingerprint density at radius 2 is 1.88 bits per heavy atom. The molecule has 0 aromatic heterocycles. The summed E-state index contributed by atoms with van der Waals surface area (Å²) < 4.78 is 9.91. The number of rotatable bonds is 4. The summed E-state index contributed by atoms with van der Waals surface area (Å²) in [5.41, 5.74) is -0.119. The van der Waals surface area contributed by atoms with E-state index in [1.54, 1.807) is 0 Å². The van der Waals surface area contributed by atoms with Gasteiger partial charge in [-0.1, -0.05) is 0 Å². The SMILES string of the molecule is COC(=O)c1cc(OC(C)C)ccc1C(=O)O. The van der Waals surface area contributed by atoms with Gasteiger partial charge in [0.2, 0.25) is 0 Å². The zero-order valence-electron chi connectivity index (χ0n) is 9.89. The van der Waals surface area contributed by atoms with E-state index in [9.17, 15) is 9.59 Å². The molecule has 0 unspecified atom stereocenters. The van der Waals surface area contributed by atoms with Gasteiger partial charge >= 0.3 is 11.9 Å². The minimum absolute atomic E-state index is 0.0156. The second-order valence-corrected chi connectivity index (χ2v) is 3.67. The maximum Gasteiger partial charge on any atom is 0.338 e. The molecule has 0 saturated carbocycles. The smallest absolute Gasteiger partial charge is 0.338 e. The number of ether oxygens (including phenoxy) is 2. The van der Waals surface area contributed by atoms with Crippen LogP contribution in [0.1, 0.15) is 34.6 Å². The van der Waals surface area contributed by atoms with Crippen molar-refractivity contribution in [1.29, 1.82) is 0 Å². The Labute approximate surface area is 99.0 Å². The molecule has 0 heterocycles. The summed E-state index contributed by atoms with van der Waals surface area (Å²) >= 11 is 0. The number of carbonyl (C=O) groups is 2. The highest BCUT2D eigenvalue weighted by Gasteiger charge is 2.18. The molecule has 0 bridgehead atoms. The summed E-state index contributed by atoms with van der Waals surface area (Å²) in [5, 5.41) is 8.93. The van der Waals surface area contributed by atoms with E-state index < -0.39 is 11.9 Å². The Bertz CT molecular complexity index is 437. The van der Waals surface area contributed by atoms with E-state index in [0.29, 0.717) is 5.75 Å². The van der Waals surface area contributed by atoms with Gasteiger partial charge in [0.25, 0.3) is 0 Å². The minimum atomic E-state index is -1.18. The predicted octanol–water partition coefficient (Wildman–Crippen LogP) is 1.96. The predicted molar refractivity (Wildman–Crippen MR) is 60.5 cm³/mol. The van der Waals surface area contributed by atoms with Crippen LogP contribution in [0.15, 0.2) is 18.2 Å². The lowest BCUT2D eigenvalue weighted by molar-refractivity contribution is 0.0582. The molecule has 0 saturated heterocycles. The average molecular weight is 238 g/mol. The van der Waals surface area contributed by atoms with Crippen LogP contribution in [0.5, 0.6) is 5.75 Å². The molecule has 0 aliphatic carbocycles. The van der Waals surface area contributed by atoms with Gasteiger partial charge in [0.1, 0.15) is 5.75 Å². The molecular formula is C12H14O5. The molecule has 0 aliphatic heterocycles. The maximum absolute atomic E-state index is 11.4. The van der Waals surface area contributed by atoms with Crippen LogP contribution in [0, 0.1) is 0 Å². The van der Waals surface area contributed by atoms with Crippen molar-refractivity contribution in [3.63, 3.8) is 0 Å². The number of aromatic carboxylic acids is 1. The Balaban J connectivity index is 3.19. The Kier molecular flexibility index (Phi) is 4.09. The summed E-state index contributed by atoms with van der Waals surface area (Å²) in [7, 11) is 1.20. The lowest BCUT2D eigenvalue weighted by atomic mass is 10.1. The lowest BCUT2D eigenvalue weighted by Gasteiger charge is -2.11. The van der Waals surface area contributed by atoms with Gasteiger partial charge in [0.15, 0.2) is 0 Å². The van der Waals surface area contributed by atoms with E-state index in [0.717, 1.165) is 0 Å². The molecule has 17 heavy (non-hydrogen) atoms. The van der Waals surface area contributed by atoms with Gasteiger partial charge in [0, 0.05) is 0 Å². The number of hydrogen-bond donors (Lipinski definition) is 1. The summed E-state index contributed by atoms with van der Waals surface area (Å²) in [6, 6.07) is 4.21. The van der Waals surface area contributed by atoms with E-state index in [2.05, 4.69) is 4.74 Å². The summed E-state index contributed by atoms with van der Waals surface area (Å²) in [6.07, 6.45) is -0.0591. The van der Waals surface area contributed by atoms with Crippen molar-refractivity contribution in [2.45, 2.75) is 20.0 Å². The van der Waals surface area contributed by atoms with Gasteiger partial charge in [-0.2, -0.15) is 0 Å². The van der Waals surface area contributed by atoms with Gasteiger partial charge < -0.3 is 14.6 Å². The van der Waals surface area contributed by atoms with Gasteiger partial charge in [-0.15, -0.1) is 0 Å². The van der Waals surface area contributed by atoms with Crippen molar-refractivity contribution in [3.05, 3.63) is 29.3 Å². The largest absolute Gasteiger partial charge is 0.491 e. The van der Waals surface area contributed by atoms with E-state index in [-0.39, 0.29) is 17.2 Å². The summed E-state index contributed by atoms with van der Waals surface area (Å²) in [5.74, 6) is -1.44. The topological polar surface area (TPSA) is 72.8 Å². The van der Waals surface area contributed by atoms with E-state index >= 15 is 0 Å². The maximum atomic E-state index is 11.4. The van der Waals surface area contributed by atoms with Gasteiger partial charge in [-0.05, 0) is 32.0 Å². The normalized spacial score (nSPS) is 10.1. The molecule has 1 N–H and O–H groups in total. The highest BCUT2D eigenvalue weighted by atomic mass is 16.5. The van der Waals surface area contributed by atoms with Crippen molar-refractivity contribution in [1.82, 2.24) is 0 Å². The third kappa shape index (κ3) is 3.21. The minimum Gasteiger partial charge on any atom is -0.491 e. The quantitative estimate of drug-likeness (QED) is 0.812. The molecule has 5 heteroatoms. The van der Waals surface area contributed by atoms with Crippen LogP contribution < -0.4 is 4.74 Å². The summed E-state index contributed by atoms with van der Waals surface area (Å²) in [6.45, 7) is 3.67. The molecule has 0 atom stereocenters. The molecule has 5 nitrogen and oxygen atoms in total. The first-order valence-electron chi connectivity index (χ1n) is 5.08. The molecule has 0 radical (unpaired) electrons. The van der Waals surface area contributed by atoms with E-state index in [1.165, 1.54) is 25.3 Å². The molecule has 0 fully saturated rings. The van der Waals surface area contributed by atoms with Crippen LogP contribution >= 0.6 is 0 Å². The second kappa shape index (κ2) is 5.34. The zero-order valence-corrected chi connectivity index (χ0v) is 9.89. The lowest BCUT2D eigenvalue weighted by Crippen LogP contribution is -2.12. The highest BCUT2D eigenvalue weighted by molar-refractivity contribution is 6.02. The van der Waals surface area contributed by atoms with Crippen molar-refractivity contribution in [2.24, 2.45) is 0 Å². The molecule has 1 aromatic carbocycles. The zero-order chi connectivity index (χ0) is 13.0. The first kappa shape index (κ1) is 13.0. The third-order valence-corrected chi connectivity index (χ3v) is 2.00. The number of carboxylic acid groups (broad SMARTS) is 1. The van der Waals surface area contributed by atoms with Crippen LogP contribution in [-0.4, -0.2) is 30.3 Å². The monoisotopic (exact) mass is 238 g/mol. The van der Waals surface area contributed by atoms with Crippen LogP contribution in [0.4, 0.5) is 0 Å². The number of esters is 1. The van der Waals surface area contributed by atoms with Gasteiger partial charge in [-0.3, -0.25) is 0 Å². The van der Waals surface area contributed by atoms with Crippen LogP contribution in [0.3, 0.4) is 0 Å². The molecule has 0 amide bonds. The van der Waals surface area contributed by atoms with Crippen molar-refractivity contribution >= 4 is 11.9 Å². The number of methoxy groups -OCH3 is 1.